The number of aromatic nitrogens is 2. The van der Waals surface area contributed by atoms with Gasteiger partial charge in [-0.25, -0.2) is 0 Å². The largest absolute Gasteiger partial charge is 0.508 e. The molecule has 0 bridgehead atoms. The van der Waals surface area contributed by atoms with Crippen molar-refractivity contribution in [2.45, 2.75) is 0 Å². The quantitative estimate of drug-likeness (QED) is 0.790. The van der Waals surface area contributed by atoms with Gasteiger partial charge in [-0.1, -0.05) is 23.4 Å². The number of hydrogen-bond donors (Lipinski definition) is 1. The highest BCUT2D eigenvalue weighted by Crippen LogP contribution is 2.29. The molecule has 0 saturated carbocycles. The molecule has 0 saturated heterocycles. The number of methoxy groups -OCH3 is 1. The van der Waals surface area contributed by atoms with E-state index >= 15 is 0 Å². The van der Waals surface area contributed by atoms with Crippen LogP contribution in [-0.2, 0) is 0 Å². The molecule has 3 rings (SSSR count). The number of phenolic OH excluding ortho intramolecular Hbond substituents is 1. The van der Waals surface area contributed by atoms with Gasteiger partial charge in [-0.15, -0.1) is 0 Å². The summed E-state index contributed by atoms with van der Waals surface area (Å²) in [6.45, 7) is 0. The molecular weight excluding hydrogens is 256 g/mol. The first-order valence-corrected chi connectivity index (χ1v) is 6.04. The number of aromatic hydroxyl groups is 1. The third kappa shape index (κ3) is 2.21. The van der Waals surface area contributed by atoms with Gasteiger partial charge in [-0.3, -0.25) is 0 Å². The molecule has 2 aromatic carbocycles. The zero-order valence-electron chi connectivity index (χ0n) is 10.8. The molecule has 1 aromatic heterocycles. The number of para-hydroxylation sites is 1. The summed E-state index contributed by atoms with van der Waals surface area (Å²) in [5.74, 6) is 1.62. The number of hydrogen-bond acceptors (Lipinski definition) is 5. The average molecular weight is 268 g/mol. The molecule has 0 radical (unpaired) electrons. The Morgan fingerprint density at radius 2 is 1.95 bits per heavy atom. The molecule has 0 atom stereocenters. The SMILES string of the molecule is COc1ccccc1-c1noc(-c2cccc(O)c2)n1. The Morgan fingerprint density at radius 1 is 1.10 bits per heavy atom. The smallest absolute Gasteiger partial charge is 0.258 e. The van der Waals surface area contributed by atoms with Crippen LogP contribution < -0.4 is 4.74 Å². The number of nitrogens with zero attached hydrogens (tertiary/aromatic N) is 2. The van der Waals surface area contributed by atoms with Crippen molar-refractivity contribution < 1.29 is 14.4 Å². The molecule has 3 aromatic rings. The Balaban J connectivity index is 2.02. The van der Waals surface area contributed by atoms with E-state index in [1.54, 1.807) is 31.4 Å². The van der Waals surface area contributed by atoms with E-state index in [4.69, 9.17) is 9.26 Å². The zero-order chi connectivity index (χ0) is 13.9. The highest BCUT2D eigenvalue weighted by molar-refractivity contribution is 5.66. The molecule has 5 heteroatoms. The number of rotatable bonds is 3. The maximum absolute atomic E-state index is 9.47. The van der Waals surface area contributed by atoms with E-state index in [0.29, 0.717) is 23.0 Å². The first-order chi connectivity index (χ1) is 9.78. The van der Waals surface area contributed by atoms with Crippen molar-refractivity contribution in [2.75, 3.05) is 7.11 Å². The second-order valence-electron chi connectivity index (χ2n) is 4.17. The third-order valence-corrected chi connectivity index (χ3v) is 2.87. The fourth-order valence-electron chi connectivity index (χ4n) is 1.92. The van der Waals surface area contributed by atoms with Crippen LogP contribution in [0, 0.1) is 0 Å². The van der Waals surface area contributed by atoms with Crippen LogP contribution in [0.1, 0.15) is 0 Å². The van der Waals surface area contributed by atoms with E-state index in [1.807, 2.05) is 24.3 Å². The highest BCUT2D eigenvalue weighted by atomic mass is 16.5. The maximum Gasteiger partial charge on any atom is 0.258 e. The Hall–Kier alpha value is -2.82. The van der Waals surface area contributed by atoms with Gasteiger partial charge in [0.1, 0.15) is 11.5 Å². The molecule has 0 unspecified atom stereocenters. The van der Waals surface area contributed by atoms with Crippen LogP contribution in [0.15, 0.2) is 53.1 Å². The van der Waals surface area contributed by atoms with E-state index in [0.717, 1.165) is 5.56 Å². The fraction of sp³-hybridized carbons (Fsp3) is 0.0667. The van der Waals surface area contributed by atoms with Crippen molar-refractivity contribution in [1.29, 1.82) is 0 Å². The van der Waals surface area contributed by atoms with Gasteiger partial charge in [0.05, 0.1) is 12.7 Å². The van der Waals surface area contributed by atoms with Crippen molar-refractivity contribution in [2.24, 2.45) is 0 Å². The van der Waals surface area contributed by atoms with Gasteiger partial charge in [0, 0.05) is 5.56 Å². The summed E-state index contributed by atoms with van der Waals surface area (Å²) in [6, 6.07) is 14.1. The summed E-state index contributed by atoms with van der Waals surface area (Å²) in [5.41, 5.74) is 1.42. The van der Waals surface area contributed by atoms with Crippen LogP contribution in [0.5, 0.6) is 11.5 Å². The van der Waals surface area contributed by atoms with E-state index in [2.05, 4.69) is 10.1 Å². The molecule has 0 amide bonds. The lowest BCUT2D eigenvalue weighted by molar-refractivity contribution is 0.413. The Labute approximate surface area is 115 Å². The van der Waals surface area contributed by atoms with E-state index in [9.17, 15) is 5.11 Å². The lowest BCUT2D eigenvalue weighted by Crippen LogP contribution is -1.88. The number of benzene rings is 2. The second kappa shape index (κ2) is 5.05. The maximum atomic E-state index is 9.47. The normalized spacial score (nSPS) is 10.4. The minimum absolute atomic E-state index is 0.152. The Bertz CT molecular complexity index is 737. The standard InChI is InChI=1S/C15H12N2O3/c1-19-13-8-3-2-7-12(13)14-16-15(20-17-14)10-5-4-6-11(18)9-10/h2-9,18H,1H3. The lowest BCUT2D eigenvalue weighted by atomic mass is 10.2. The summed E-state index contributed by atoms with van der Waals surface area (Å²) < 4.78 is 10.5. The number of ether oxygens (including phenoxy) is 1. The molecule has 100 valence electrons. The molecule has 1 N–H and O–H groups in total. The number of phenols is 1. The summed E-state index contributed by atoms with van der Waals surface area (Å²) in [4.78, 5) is 4.33. The monoisotopic (exact) mass is 268 g/mol. The summed E-state index contributed by atoms with van der Waals surface area (Å²) in [5, 5.41) is 13.4. The third-order valence-electron chi connectivity index (χ3n) is 2.87. The van der Waals surface area contributed by atoms with Gasteiger partial charge >= 0.3 is 0 Å². The van der Waals surface area contributed by atoms with Crippen LogP contribution in [0.3, 0.4) is 0 Å². The molecular formula is C15H12N2O3. The molecule has 20 heavy (non-hydrogen) atoms. The molecule has 0 aliphatic rings. The topological polar surface area (TPSA) is 68.4 Å². The van der Waals surface area contributed by atoms with Crippen LogP contribution >= 0.6 is 0 Å². The van der Waals surface area contributed by atoms with Gasteiger partial charge in [0.25, 0.3) is 5.89 Å². The highest BCUT2D eigenvalue weighted by Gasteiger charge is 2.14. The van der Waals surface area contributed by atoms with Crippen molar-refractivity contribution in [3.63, 3.8) is 0 Å². The predicted molar refractivity (Wildman–Crippen MR) is 73.4 cm³/mol. The summed E-state index contributed by atoms with van der Waals surface area (Å²) >= 11 is 0. The Kier molecular flexibility index (Phi) is 3.09. The average Bonchev–Trinajstić information content (AvgIpc) is 2.97. The fourth-order valence-corrected chi connectivity index (χ4v) is 1.92. The predicted octanol–water partition coefficient (Wildman–Crippen LogP) is 3.12. The minimum Gasteiger partial charge on any atom is -0.508 e. The van der Waals surface area contributed by atoms with E-state index in [-0.39, 0.29) is 5.75 Å². The first-order valence-electron chi connectivity index (χ1n) is 6.04. The van der Waals surface area contributed by atoms with Gasteiger partial charge in [0.2, 0.25) is 5.82 Å². The summed E-state index contributed by atoms with van der Waals surface area (Å²) in [6.07, 6.45) is 0. The van der Waals surface area contributed by atoms with Crippen molar-refractivity contribution in [1.82, 2.24) is 10.1 Å². The van der Waals surface area contributed by atoms with Crippen molar-refractivity contribution in [3.8, 4) is 34.3 Å². The first kappa shape index (κ1) is 12.2. The van der Waals surface area contributed by atoms with Gasteiger partial charge < -0.3 is 14.4 Å². The zero-order valence-corrected chi connectivity index (χ0v) is 10.8. The van der Waals surface area contributed by atoms with E-state index in [1.165, 1.54) is 0 Å². The molecule has 0 aliphatic heterocycles. The molecule has 0 aliphatic carbocycles. The van der Waals surface area contributed by atoms with E-state index < -0.39 is 0 Å². The molecule has 5 nitrogen and oxygen atoms in total. The molecule has 0 spiro atoms. The minimum atomic E-state index is 0.152. The molecule has 1 heterocycles. The van der Waals surface area contributed by atoms with Crippen molar-refractivity contribution >= 4 is 0 Å². The van der Waals surface area contributed by atoms with Gasteiger partial charge in [-0.05, 0) is 30.3 Å². The van der Waals surface area contributed by atoms with Crippen LogP contribution in [0.2, 0.25) is 0 Å². The van der Waals surface area contributed by atoms with Crippen LogP contribution in [-0.4, -0.2) is 22.4 Å². The lowest BCUT2D eigenvalue weighted by Gasteiger charge is -2.03. The van der Waals surface area contributed by atoms with Crippen LogP contribution in [0.4, 0.5) is 0 Å². The van der Waals surface area contributed by atoms with Crippen molar-refractivity contribution in [3.05, 3.63) is 48.5 Å². The molecule has 0 fully saturated rings. The van der Waals surface area contributed by atoms with Gasteiger partial charge in [0.15, 0.2) is 0 Å². The Morgan fingerprint density at radius 3 is 2.75 bits per heavy atom. The summed E-state index contributed by atoms with van der Waals surface area (Å²) in [7, 11) is 1.59. The second-order valence-corrected chi connectivity index (χ2v) is 4.17. The van der Waals surface area contributed by atoms with Gasteiger partial charge in [-0.2, -0.15) is 4.98 Å². The van der Waals surface area contributed by atoms with Crippen LogP contribution in [0.25, 0.3) is 22.8 Å².